The number of benzene rings is 1. The van der Waals surface area contributed by atoms with E-state index in [0.29, 0.717) is 22.4 Å². The average Bonchev–Trinajstić information content (AvgIpc) is 2.79. The third-order valence-electron chi connectivity index (χ3n) is 5.55. The standard InChI is InChI=1S/C19H17BrN4O3/c1-4-25-14-6-5-12(20)7-13(14)15-18(8-21,9-22)19(10-23)11(2)17(3,26-15)27-16(19)24/h5-7,11,15,24H,4H2,1-3H3. The summed E-state index contributed by atoms with van der Waals surface area (Å²) in [6, 6.07) is 11.3. The first-order valence-corrected chi connectivity index (χ1v) is 9.17. The number of fused-ring (bicyclic) bond motifs is 2. The lowest BCUT2D eigenvalue weighted by molar-refractivity contribution is -0.269. The highest BCUT2D eigenvalue weighted by Crippen LogP contribution is 2.66. The van der Waals surface area contributed by atoms with Crippen LogP contribution in [0.3, 0.4) is 0 Å². The molecule has 27 heavy (non-hydrogen) atoms. The van der Waals surface area contributed by atoms with Crippen LogP contribution in [0.5, 0.6) is 5.75 Å². The van der Waals surface area contributed by atoms with Crippen molar-refractivity contribution in [3.8, 4) is 24.0 Å². The Balaban J connectivity index is 2.35. The van der Waals surface area contributed by atoms with Gasteiger partial charge in [-0.15, -0.1) is 0 Å². The van der Waals surface area contributed by atoms with Gasteiger partial charge in [0.1, 0.15) is 11.9 Å². The summed E-state index contributed by atoms with van der Waals surface area (Å²) >= 11 is 3.39. The molecule has 2 aliphatic rings. The Hall–Kier alpha value is -2.60. The molecule has 0 aromatic heterocycles. The molecule has 0 saturated carbocycles. The van der Waals surface area contributed by atoms with Gasteiger partial charge in [0.2, 0.25) is 17.1 Å². The van der Waals surface area contributed by atoms with Crippen molar-refractivity contribution < 1.29 is 14.2 Å². The lowest BCUT2D eigenvalue weighted by atomic mass is 9.54. The van der Waals surface area contributed by atoms with E-state index in [-0.39, 0.29) is 0 Å². The maximum absolute atomic E-state index is 10.1. The number of hydrogen-bond donors (Lipinski definition) is 1. The zero-order valence-electron chi connectivity index (χ0n) is 15.0. The Bertz CT molecular complexity index is 930. The molecule has 7 nitrogen and oxygen atoms in total. The van der Waals surface area contributed by atoms with E-state index in [9.17, 15) is 15.8 Å². The first kappa shape index (κ1) is 19.2. The largest absolute Gasteiger partial charge is 0.493 e. The molecule has 3 rings (SSSR count). The van der Waals surface area contributed by atoms with Crippen LogP contribution >= 0.6 is 15.9 Å². The third kappa shape index (κ3) is 2.22. The Morgan fingerprint density at radius 3 is 2.48 bits per heavy atom. The average molecular weight is 429 g/mol. The van der Waals surface area contributed by atoms with Gasteiger partial charge in [0.15, 0.2) is 5.41 Å². The van der Waals surface area contributed by atoms with Crippen LogP contribution in [0, 0.1) is 56.2 Å². The molecule has 138 valence electrons. The Morgan fingerprint density at radius 1 is 1.26 bits per heavy atom. The van der Waals surface area contributed by atoms with Crippen LogP contribution in [-0.4, -0.2) is 18.3 Å². The molecule has 1 aromatic carbocycles. The van der Waals surface area contributed by atoms with Crippen LogP contribution < -0.4 is 4.74 Å². The maximum Gasteiger partial charge on any atom is 0.214 e. The fourth-order valence-corrected chi connectivity index (χ4v) is 4.38. The van der Waals surface area contributed by atoms with Gasteiger partial charge in [-0.3, -0.25) is 5.41 Å². The third-order valence-corrected chi connectivity index (χ3v) is 6.04. The van der Waals surface area contributed by atoms with E-state index in [1.165, 1.54) is 0 Å². The Morgan fingerprint density at radius 2 is 1.93 bits per heavy atom. The van der Waals surface area contributed by atoms with Crippen molar-refractivity contribution in [1.82, 2.24) is 0 Å². The molecular weight excluding hydrogens is 412 g/mol. The molecule has 0 radical (unpaired) electrons. The minimum atomic E-state index is -1.99. The maximum atomic E-state index is 10.1. The summed E-state index contributed by atoms with van der Waals surface area (Å²) in [5.74, 6) is -1.99. The minimum Gasteiger partial charge on any atom is -0.493 e. The van der Waals surface area contributed by atoms with Crippen molar-refractivity contribution >= 4 is 21.8 Å². The predicted octanol–water partition coefficient (Wildman–Crippen LogP) is 3.82. The van der Waals surface area contributed by atoms with Crippen LogP contribution in [0.25, 0.3) is 0 Å². The van der Waals surface area contributed by atoms with E-state index in [4.69, 9.17) is 19.6 Å². The molecule has 0 aliphatic carbocycles. The summed E-state index contributed by atoms with van der Waals surface area (Å²) in [4.78, 5) is 0. The smallest absolute Gasteiger partial charge is 0.214 e. The summed E-state index contributed by atoms with van der Waals surface area (Å²) in [5.41, 5.74) is -3.30. The van der Waals surface area contributed by atoms with E-state index in [1.807, 2.05) is 19.1 Å². The molecule has 4 atom stereocenters. The number of nitrogens with zero attached hydrogens (tertiary/aromatic N) is 3. The second-order valence-electron chi connectivity index (χ2n) is 6.73. The van der Waals surface area contributed by atoms with Gasteiger partial charge >= 0.3 is 0 Å². The van der Waals surface area contributed by atoms with E-state index >= 15 is 0 Å². The first-order chi connectivity index (χ1) is 12.8. The lowest BCUT2D eigenvalue weighted by Gasteiger charge is -2.47. The number of rotatable bonds is 3. The van der Waals surface area contributed by atoms with Gasteiger partial charge in [0.05, 0.1) is 30.7 Å². The molecule has 1 aromatic rings. The zero-order chi connectivity index (χ0) is 20.0. The second-order valence-corrected chi connectivity index (χ2v) is 7.65. The van der Waals surface area contributed by atoms with Crippen LogP contribution in [0.1, 0.15) is 32.4 Å². The molecular formula is C19H17BrN4O3. The van der Waals surface area contributed by atoms with Crippen molar-refractivity contribution in [2.45, 2.75) is 32.7 Å². The zero-order valence-corrected chi connectivity index (χ0v) is 16.6. The molecule has 2 bridgehead atoms. The fraction of sp³-hybridized carbons (Fsp3) is 0.474. The summed E-state index contributed by atoms with van der Waals surface area (Å²) in [6.45, 7) is 5.47. The van der Waals surface area contributed by atoms with Crippen LogP contribution in [0.4, 0.5) is 0 Å². The molecule has 0 amide bonds. The normalized spacial score (nSPS) is 33.3. The highest BCUT2D eigenvalue weighted by molar-refractivity contribution is 9.10. The predicted molar refractivity (Wildman–Crippen MR) is 97.2 cm³/mol. The summed E-state index contributed by atoms with van der Waals surface area (Å²) in [7, 11) is 0. The van der Waals surface area contributed by atoms with Gasteiger partial charge in [0.25, 0.3) is 0 Å². The van der Waals surface area contributed by atoms with Crippen molar-refractivity contribution in [2.75, 3.05) is 6.61 Å². The fourth-order valence-electron chi connectivity index (χ4n) is 4.00. The Labute approximate surface area is 165 Å². The SMILES string of the molecule is CCOc1ccc(Br)cc1C1OC2(C)OC(=N)C(C#N)(C2C)C1(C#N)C#N. The van der Waals surface area contributed by atoms with E-state index in [1.54, 1.807) is 32.0 Å². The number of nitriles is 3. The first-order valence-electron chi connectivity index (χ1n) is 8.38. The van der Waals surface area contributed by atoms with Crippen LogP contribution in [-0.2, 0) is 9.47 Å². The van der Waals surface area contributed by atoms with Gasteiger partial charge in [0, 0.05) is 17.0 Å². The lowest BCUT2D eigenvalue weighted by Crippen LogP contribution is -2.57. The van der Waals surface area contributed by atoms with Crippen molar-refractivity contribution in [2.24, 2.45) is 16.7 Å². The molecule has 1 N–H and O–H groups in total. The summed E-state index contributed by atoms with van der Waals surface area (Å²) < 4.78 is 18.1. The summed E-state index contributed by atoms with van der Waals surface area (Å²) in [5, 5.41) is 38.5. The van der Waals surface area contributed by atoms with Crippen molar-refractivity contribution in [3.63, 3.8) is 0 Å². The molecule has 2 fully saturated rings. The van der Waals surface area contributed by atoms with E-state index in [0.717, 1.165) is 0 Å². The minimum absolute atomic E-state index is 0.372. The van der Waals surface area contributed by atoms with Gasteiger partial charge < -0.3 is 14.2 Å². The highest BCUT2D eigenvalue weighted by Gasteiger charge is 2.78. The second kappa shape index (κ2) is 6.23. The topological polar surface area (TPSA) is 123 Å². The monoisotopic (exact) mass is 428 g/mol. The van der Waals surface area contributed by atoms with Crippen LogP contribution in [0.2, 0.25) is 0 Å². The van der Waals surface area contributed by atoms with Gasteiger partial charge in [-0.05, 0) is 25.1 Å². The molecule has 4 unspecified atom stereocenters. The number of halogens is 1. The van der Waals surface area contributed by atoms with Crippen molar-refractivity contribution in [1.29, 1.82) is 21.2 Å². The van der Waals surface area contributed by atoms with Crippen molar-refractivity contribution in [3.05, 3.63) is 28.2 Å². The molecule has 2 aliphatic heterocycles. The van der Waals surface area contributed by atoms with E-state index in [2.05, 4.69) is 22.0 Å². The summed E-state index contributed by atoms with van der Waals surface area (Å²) in [6.07, 6.45) is -1.14. The van der Waals surface area contributed by atoms with Gasteiger partial charge in [-0.2, -0.15) is 15.8 Å². The molecule has 2 saturated heterocycles. The van der Waals surface area contributed by atoms with E-state index < -0.39 is 34.5 Å². The molecule has 0 spiro atoms. The molecule has 2 heterocycles. The quantitative estimate of drug-likeness (QED) is 0.779. The van der Waals surface area contributed by atoms with Gasteiger partial charge in [-0.1, -0.05) is 22.9 Å². The number of hydrogen-bond acceptors (Lipinski definition) is 7. The number of ether oxygens (including phenoxy) is 3. The Kier molecular flexibility index (Phi) is 4.43. The van der Waals surface area contributed by atoms with Gasteiger partial charge in [-0.25, -0.2) is 0 Å². The van der Waals surface area contributed by atoms with Crippen LogP contribution in [0.15, 0.2) is 22.7 Å². The molecule has 8 heteroatoms. The highest BCUT2D eigenvalue weighted by atomic mass is 79.9. The number of nitrogens with one attached hydrogen (secondary N) is 1.